The van der Waals surface area contributed by atoms with Crippen LogP contribution >= 0.6 is 0 Å². The lowest BCUT2D eigenvalue weighted by atomic mass is 9.99. The third kappa shape index (κ3) is 4.05. The van der Waals surface area contributed by atoms with Gasteiger partial charge in [-0.3, -0.25) is 4.40 Å². The van der Waals surface area contributed by atoms with Crippen LogP contribution in [0.25, 0.3) is 93.8 Å². The number of hydrogen-bond donors (Lipinski definition) is 0. The molecule has 0 N–H and O–H groups in total. The molecular weight excluding hydrogens is 573 g/mol. The molecule has 0 aliphatic carbocycles. The first kappa shape index (κ1) is 25.9. The molecule has 0 bridgehead atoms. The van der Waals surface area contributed by atoms with Crippen molar-refractivity contribution in [3.63, 3.8) is 0 Å². The molecule has 0 radical (unpaired) electrons. The monoisotopic (exact) mass is 598 g/mol. The second-order valence-electron chi connectivity index (χ2n) is 12.1. The van der Waals surface area contributed by atoms with Gasteiger partial charge in [-0.1, -0.05) is 121 Å². The molecule has 3 heterocycles. The maximum absolute atomic E-state index is 5.19. The summed E-state index contributed by atoms with van der Waals surface area (Å²) >= 11 is 0. The quantitative estimate of drug-likeness (QED) is 0.190. The molecule has 0 spiro atoms. The molecule has 10 rings (SSSR count). The minimum atomic E-state index is 0.728. The Balaban J connectivity index is 1.08. The minimum absolute atomic E-state index is 0.728. The van der Waals surface area contributed by atoms with E-state index in [0.29, 0.717) is 0 Å². The van der Waals surface area contributed by atoms with Crippen LogP contribution in [0.3, 0.4) is 0 Å². The largest absolute Gasteiger partial charge is 0.292 e. The van der Waals surface area contributed by atoms with Crippen molar-refractivity contribution >= 4 is 60.0 Å². The molecule has 47 heavy (non-hydrogen) atoms. The minimum Gasteiger partial charge on any atom is -0.292 e. The predicted molar refractivity (Wildman–Crippen MR) is 195 cm³/mol. The Morgan fingerprint density at radius 3 is 1.85 bits per heavy atom. The summed E-state index contributed by atoms with van der Waals surface area (Å²) in [4.78, 5) is 15.2. The van der Waals surface area contributed by atoms with Gasteiger partial charge in [-0.2, -0.15) is 0 Å². The molecule has 4 nitrogen and oxygen atoms in total. The van der Waals surface area contributed by atoms with Gasteiger partial charge in [0.25, 0.3) is 0 Å². The number of aromatic nitrogens is 4. The van der Waals surface area contributed by atoms with Crippen LogP contribution in [0.2, 0.25) is 0 Å². The highest BCUT2D eigenvalue weighted by atomic mass is 15.0. The molecule has 0 aliphatic heterocycles. The summed E-state index contributed by atoms with van der Waals surface area (Å²) in [6, 6.07) is 55.5. The third-order valence-electron chi connectivity index (χ3n) is 9.34. The number of rotatable bonds is 3. The lowest BCUT2D eigenvalue weighted by Gasteiger charge is -2.10. The number of fused-ring (bicyclic) bond motifs is 10. The van der Waals surface area contributed by atoms with Gasteiger partial charge < -0.3 is 0 Å². The average molecular weight is 599 g/mol. The second-order valence-corrected chi connectivity index (χ2v) is 12.1. The number of imidazole rings is 1. The molecule has 0 aliphatic rings. The summed E-state index contributed by atoms with van der Waals surface area (Å²) in [5.41, 5.74) is 10.5. The molecule has 4 heteroatoms. The molecular formula is C43H26N4. The van der Waals surface area contributed by atoms with Gasteiger partial charge in [-0.25, -0.2) is 15.0 Å². The van der Waals surface area contributed by atoms with E-state index in [1.54, 1.807) is 0 Å². The van der Waals surface area contributed by atoms with Crippen LogP contribution in [0.1, 0.15) is 0 Å². The van der Waals surface area contributed by atoms with E-state index < -0.39 is 0 Å². The van der Waals surface area contributed by atoms with Crippen molar-refractivity contribution in [2.75, 3.05) is 0 Å². The lowest BCUT2D eigenvalue weighted by molar-refractivity contribution is 1.23. The normalized spacial score (nSPS) is 11.8. The zero-order valence-corrected chi connectivity index (χ0v) is 25.3. The Morgan fingerprint density at radius 2 is 1.00 bits per heavy atom. The smallest absolute Gasteiger partial charge is 0.160 e. The van der Waals surface area contributed by atoms with Gasteiger partial charge in [-0.05, 0) is 63.7 Å². The zero-order chi connectivity index (χ0) is 30.9. The highest BCUT2D eigenvalue weighted by molar-refractivity contribution is 6.14. The average Bonchev–Trinajstić information content (AvgIpc) is 3.54. The van der Waals surface area contributed by atoms with Crippen LogP contribution in [0.15, 0.2) is 158 Å². The summed E-state index contributed by atoms with van der Waals surface area (Å²) in [7, 11) is 0. The number of benzene rings is 7. The lowest BCUT2D eigenvalue weighted by Crippen LogP contribution is -1.95. The predicted octanol–water partition coefficient (Wildman–Crippen LogP) is 10.9. The number of para-hydroxylation sites is 2. The van der Waals surface area contributed by atoms with Crippen LogP contribution in [0.5, 0.6) is 0 Å². The summed E-state index contributed by atoms with van der Waals surface area (Å²) in [5, 5.41) is 7.00. The molecule has 218 valence electrons. The van der Waals surface area contributed by atoms with Gasteiger partial charge in [0.05, 0.1) is 27.8 Å². The molecule has 0 atom stereocenters. The van der Waals surface area contributed by atoms with Crippen LogP contribution in [0, 0.1) is 0 Å². The first-order chi connectivity index (χ1) is 23.3. The standard InChI is InChI=1S/C43H26N4/c1-2-10-27(11-3-1)41-36-15-6-8-16-37(36)44-42(46-41)32-21-20-28-24-29(18-19-30(28)25-32)31-22-23-40-38(26-31)45-43-35-14-5-4-12-33(35)34-13-7-9-17-39(34)47(40)43/h1-26H. The molecule has 0 saturated carbocycles. The summed E-state index contributed by atoms with van der Waals surface area (Å²) in [5.74, 6) is 0.728. The first-order valence-corrected chi connectivity index (χ1v) is 15.9. The third-order valence-corrected chi connectivity index (χ3v) is 9.34. The van der Waals surface area contributed by atoms with E-state index in [0.717, 1.165) is 72.1 Å². The molecule has 0 unspecified atom stereocenters. The fourth-order valence-corrected chi connectivity index (χ4v) is 7.08. The molecule has 0 saturated heterocycles. The van der Waals surface area contributed by atoms with Gasteiger partial charge in [-0.15, -0.1) is 0 Å². The Kier molecular flexibility index (Phi) is 5.54. The van der Waals surface area contributed by atoms with E-state index >= 15 is 0 Å². The number of nitrogens with zero attached hydrogens (tertiary/aromatic N) is 4. The van der Waals surface area contributed by atoms with Crippen LogP contribution in [-0.2, 0) is 0 Å². The number of pyridine rings is 1. The first-order valence-electron chi connectivity index (χ1n) is 15.9. The second kappa shape index (κ2) is 10.1. The molecule has 0 fully saturated rings. The van der Waals surface area contributed by atoms with Gasteiger partial charge in [0.15, 0.2) is 5.82 Å². The number of hydrogen-bond acceptors (Lipinski definition) is 3. The van der Waals surface area contributed by atoms with Gasteiger partial charge in [0, 0.05) is 27.3 Å². The van der Waals surface area contributed by atoms with Crippen LogP contribution in [-0.4, -0.2) is 19.4 Å². The zero-order valence-electron chi connectivity index (χ0n) is 25.3. The van der Waals surface area contributed by atoms with Crippen molar-refractivity contribution in [1.82, 2.24) is 19.4 Å². The van der Waals surface area contributed by atoms with E-state index in [4.69, 9.17) is 15.0 Å². The van der Waals surface area contributed by atoms with E-state index in [1.807, 2.05) is 18.2 Å². The van der Waals surface area contributed by atoms with Crippen molar-refractivity contribution in [3.05, 3.63) is 158 Å². The van der Waals surface area contributed by atoms with Crippen molar-refractivity contribution in [1.29, 1.82) is 0 Å². The van der Waals surface area contributed by atoms with E-state index in [-0.39, 0.29) is 0 Å². The van der Waals surface area contributed by atoms with Crippen molar-refractivity contribution in [3.8, 4) is 33.8 Å². The summed E-state index contributed by atoms with van der Waals surface area (Å²) in [6.45, 7) is 0. The Morgan fingerprint density at radius 1 is 0.362 bits per heavy atom. The fraction of sp³-hybridized carbons (Fsp3) is 0. The van der Waals surface area contributed by atoms with E-state index in [2.05, 4.69) is 144 Å². The van der Waals surface area contributed by atoms with Crippen molar-refractivity contribution < 1.29 is 0 Å². The van der Waals surface area contributed by atoms with Crippen LogP contribution in [0.4, 0.5) is 0 Å². The van der Waals surface area contributed by atoms with Crippen molar-refractivity contribution in [2.45, 2.75) is 0 Å². The maximum atomic E-state index is 5.19. The van der Waals surface area contributed by atoms with E-state index in [9.17, 15) is 0 Å². The topological polar surface area (TPSA) is 43.1 Å². The molecule has 3 aromatic heterocycles. The maximum Gasteiger partial charge on any atom is 0.160 e. The fourth-order valence-electron chi connectivity index (χ4n) is 7.08. The summed E-state index contributed by atoms with van der Waals surface area (Å²) < 4.78 is 2.30. The van der Waals surface area contributed by atoms with Gasteiger partial charge in [0.2, 0.25) is 0 Å². The van der Waals surface area contributed by atoms with Gasteiger partial charge >= 0.3 is 0 Å². The highest BCUT2D eigenvalue weighted by Crippen LogP contribution is 2.35. The van der Waals surface area contributed by atoms with Crippen LogP contribution < -0.4 is 0 Å². The molecule has 10 aromatic rings. The van der Waals surface area contributed by atoms with E-state index in [1.165, 1.54) is 21.7 Å². The Bertz CT molecular complexity index is 2850. The SMILES string of the molecule is c1ccc(-c2nc(-c3ccc4cc(-c5ccc6c(c5)nc5c7ccccc7c7ccccc7n65)ccc4c3)nc3ccccc23)cc1. The Labute approximate surface area is 270 Å². The summed E-state index contributed by atoms with van der Waals surface area (Å²) in [6.07, 6.45) is 0. The van der Waals surface area contributed by atoms with Crippen molar-refractivity contribution in [2.24, 2.45) is 0 Å². The Hall–Kier alpha value is -6.39. The molecule has 0 amide bonds. The highest BCUT2D eigenvalue weighted by Gasteiger charge is 2.15. The molecule has 7 aromatic carbocycles. The van der Waals surface area contributed by atoms with Gasteiger partial charge in [0.1, 0.15) is 5.65 Å².